The summed E-state index contributed by atoms with van der Waals surface area (Å²) < 4.78 is 16.9. The van der Waals surface area contributed by atoms with Crippen molar-refractivity contribution in [1.82, 2.24) is 0 Å². The van der Waals surface area contributed by atoms with Gasteiger partial charge >= 0.3 is 7.12 Å². The van der Waals surface area contributed by atoms with E-state index in [0.717, 1.165) is 16.8 Å². The molecular formula is C10H11BClNO3. The Hall–Kier alpha value is -0.745. The molecule has 1 aromatic rings. The van der Waals surface area contributed by atoms with Crippen molar-refractivity contribution in [1.29, 1.82) is 0 Å². The quantitative estimate of drug-likeness (QED) is 0.724. The Morgan fingerprint density at radius 1 is 1.44 bits per heavy atom. The maximum Gasteiger partial charge on any atom is 0.498 e. The Morgan fingerprint density at radius 3 is 3.12 bits per heavy atom. The van der Waals surface area contributed by atoms with Crippen LogP contribution in [0.3, 0.4) is 0 Å². The summed E-state index contributed by atoms with van der Waals surface area (Å²) >= 11 is 6.17. The molecule has 0 spiro atoms. The minimum Gasteiger partial charge on any atom is -0.492 e. The van der Waals surface area contributed by atoms with Crippen LogP contribution in [-0.2, 0) is 9.31 Å². The lowest BCUT2D eigenvalue weighted by molar-refractivity contribution is 0.148. The van der Waals surface area contributed by atoms with Crippen LogP contribution in [-0.4, -0.2) is 26.9 Å². The summed E-state index contributed by atoms with van der Waals surface area (Å²) in [4.78, 5) is 0. The molecule has 16 heavy (non-hydrogen) atoms. The van der Waals surface area contributed by atoms with Gasteiger partial charge in [-0.2, -0.15) is 0 Å². The standard InChI is InChI=1S/C10H11BClNO3/c12-6-1-2-7-10-9(6)8(5-13)16-11(10)15-4-3-14-7/h1-2,8H,3-5,13H2. The Balaban J connectivity index is 2.17. The van der Waals surface area contributed by atoms with Crippen molar-refractivity contribution < 1.29 is 14.0 Å². The van der Waals surface area contributed by atoms with E-state index in [-0.39, 0.29) is 13.2 Å². The van der Waals surface area contributed by atoms with Crippen LogP contribution in [0.2, 0.25) is 5.02 Å². The molecule has 0 radical (unpaired) electrons. The highest BCUT2D eigenvalue weighted by Gasteiger charge is 2.42. The Labute approximate surface area is 98.8 Å². The summed E-state index contributed by atoms with van der Waals surface area (Å²) in [5, 5.41) is 0.658. The second-order valence-electron chi connectivity index (χ2n) is 3.78. The first kappa shape index (κ1) is 10.4. The summed E-state index contributed by atoms with van der Waals surface area (Å²) in [5.41, 5.74) is 7.48. The highest BCUT2D eigenvalue weighted by atomic mass is 35.5. The third-order valence-corrected chi connectivity index (χ3v) is 3.19. The van der Waals surface area contributed by atoms with Crippen LogP contribution >= 0.6 is 11.6 Å². The van der Waals surface area contributed by atoms with Crippen LogP contribution in [0.1, 0.15) is 11.7 Å². The lowest BCUT2D eigenvalue weighted by Gasteiger charge is -2.13. The molecule has 0 aliphatic carbocycles. The minimum atomic E-state index is -0.389. The zero-order valence-corrected chi connectivity index (χ0v) is 9.37. The van der Waals surface area contributed by atoms with Gasteiger partial charge in [-0.1, -0.05) is 11.6 Å². The predicted octanol–water partition coefficient (Wildman–Crippen LogP) is 0.474. The first-order valence-electron chi connectivity index (χ1n) is 5.23. The van der Waals surface area contributed by atoms with Crippen molar-refractivity contribution in [2.24, 2.45) is 5.73 Å². The summed E-state index contributed by atoms with van der Waals surface area (Å²) in [6.45, 7) is 1.42. The van der Waals surface area contributed by atoms with Crippen LogP contribution in [0.5, 0.6) is 5.75 Å². The van der Waals surface area contributed by atoms with Gasteiger partial charge in [0.05, 0.1) is 12.7 Å². The molecule has 6 heteroatoms. The van der Waals surface area contributed by atoms with E-state index in [2.05, 4.69) is 0 Å². The summed E-state index contributed by atoms with van der Waals surface area (Å²) in [5.74, 6) is 0.790. The van der Waals surface area contributed by atoms with E-state index in [4.69, 9.17) is 31.4 Å². The third-order valence-electron chi connectivity index (χ3n) is 2.86. The number of benzene rings is 1. The van der Waals surface area contributed by atoms with Gasteiger partial charge in [0.15, 0.2) is 0 Å². The lowest BCUT2D eigenvalue weighted by atomic mass is 9.78. The molecular weight excluding hydrogens is 228 g/mol. The Kier molecular flexibility index (Phi) is 2.56. The maximum atomic E-state index is 6.17. The lowest BCUT2D eigenvalue weighted by Crippen LogP contribution is -2.31. The van der Waals surface area contributed by atoms with Gasteiger partial charge in [0.25, 0.3) is 0 Å². The highest BCUT2D eigenvalue weighted by Crippen LogP contribution is 2.34. The predicted molar refractivity (Wildman–Crippen MR) is 61.2 cm³/mol. The van der Waals surface area contributed by atoms with Crippen molar-refractivity contribution in [2.45, 2.75) is 6.10 Å². The van der Waals surface area contributed by atoms with Crippen molar-refractivity contribution in [2.75, 3.05) is 19.8 Å². The minimum absolute atomic E-state index is 0.200. The largest absolute Gasteiger partial charge is 0.498 e. The topological polar surface area (TPSA) is 53.7 Å². The molecule has 0 aromatic heterocycles. The van der Waals surface area contributed by atoms with E-state index in [1.807, 2.05) is 12.1 Å². The fraction of sp³-hybridized carbons (Fsp3) is 0.400. The van der Waals surface area contributed by atoms with Crippen LogP contribution in [0.4, 0.5) is 0 Å². The van der Waals surface area contributed by atoms with E-state index < -0.39 is 0 Å². The average molecular weight is 239 g/mol. The number of nitrogens with two attached hydrogens (primary N) is 1. The van der Waals surface area contributed by atoms with Gasteiger partial charge in [0, 0.05) is 22.6 Å². The molecule has 1 aromatic carbocycles. The van der Waals surface area contributed by atoms with Gasteiger partial charge in [0.2, 0.25) is 0 Å². The molecule has 4 nitrogen and oxygen atoms in total. The molecule has 0 saturated heterocycles. The molecule has 3 rings (SSSR count). The van der Waals surface area contributed by atoms with Gasteiger partial charge in [-0.3, -0.25) is 0 Å². The molecule has 0 saturated carbocycles. The second kappa shape index (κ2) is 3.93. The molecule has 2 heterocycles. The van der Waals surface area contributed by atoms with E-state index in [1.54, 1.807) is 0 Å². The van der Waals surface area contributed by atoms with Gasteiger partial charge in [-0.25, -0.2) is 0 Å². The zero-order chi connectivity index (χ0) is 11.1. The van der Waals surface area contributed by atoms with Crippen molar-refractivity contribution in [3.8, 4) is 5.75 Å². The molecule has 84 valence electrons. The van der Waals surface area contributed by atoms with Crippen molar-refractivity contribution in [3.63, 3.8) is 0 Å². The van der Waals surface area contributed by atoms with Crippen LogP contribution < -0.4 is 15.9 Å². The summed E-state index contributed by atoms with van der Waals surface area (Å²) in [6, 6.07) is 3.67. The van der Waals surface area contributed by atoms with E-state index >= 15 is 0 Å². The number of halogens is 1. The Morgan fingerprint density at radius 2 is 2.31 bits per heavy atom. The van der Waals surface area contributed by atoms with Crippen LogP contribution in [0.15, 0.2) is 12.1 Å². The Bertz CT molecular complexity index is 429. The third kappa shape index (κ3) is 1.43. The van der Waals surface area contributed by atoms with E-state index in [9.17, 15) is 0 Å². The monoisotopic (exact) mass is 239 g/mol. The van der Waals surface area contributed by atoms with E-state index in [1.165, 1.54) is 0 Å². The van der Waals surface area contributed by atoms with E-state index in [0.29, 0.717) is 24.8 Å². The molecule has 2 aliphatic heterocycles. The molecule has 0 bridgehead atoms. The molecule has 1 atom stereocenters. The van der Waals surface area contributed by atoms with Crippen LogP contribution in [0, 0.1) is 0 Å². The number of rotatable bonds is 1. The molecule has 0 amide bonds. The number of ether oxygens (including phenoxy) is 1. The second-order valence-corrected chi connectivity index (χ2v) is 4.19. The SMILES string of the molecule is NCC1OB2OCCOc3ccc(Cl)c1c32. The van der Waals surface area contributed by atoms with Gasteiger partial charge in [-0.15, -0.1) is 0 Å². The fourth-order valence-corrected chi connectivity index (χ4v) is 2.46. The highest BCUT2D eigenvalue weighted by molar-refractivity contribution is 6.64. The zero-order valence-electron chi connectivity index (χ0n) is 8.61. The van der Waals surface area contributed by atoms with Crippen molar-refractivity contribution >= 4 is 24.2 Å². The average Bonchev–Trinajstić information content (AvgIpc) is 2.55. The van der Waals surface area contributed by atoms with Gasteiger partial charge in [0.1, 0.15) is 12.4 Å². The molecule has 2 N–H and O–H groups in total. The maximum absolute atomic E-state index is 6.17. The molecule has 2 aliphatic rings. The number of hydrogen-bond acceptors (Lipinski definition) is 4. The normalized spacial score (nSPS) is 22.6. The van der Waals surface area contributed by atoms with Gasteiger partial charge < -0.3 is 19.8 Å². The fourth-order valence-electron chi connectivity index (χ4n) is 2.17. The first-order chi connectivity index (χ1) is 7.81. The molecule has 0 fully saturated rings. The first-order valence-corrected chi connectivity index (χ1v) is 5.61. The summed E-state index contributed by atoms with van der Waals surface area (Å²) in [7, 11) is -0.389. The van der Waals surface area contributed by atoms with Gasteiger partial charge in [-0.05, 0) is 12.1 Å². The van der Waals surface area contributed by atoms with Crippen LogP contribution in [0.25, 0.3) is 0 Å². The summed E-state index contributed by atoms with van der Waals surface area (Å²) in [6.07, 6.45) is -0.200. The smallest absolute Gasteiger partial charge is 0.492 e. The number of hydrogen-bond donors (Lipinski definition) is 1. The molecule has 1 unspecified atom stereocenters. The van der Waals surface area contributed by atoms with Crippen molar-refractivity contribution in [3.05, 3.63) is 22.7 Å².